The van der Waals surface area contributed by atoms with E-state index in [0.29, 0.717) is 18.9 Å². The molecule has 1 heterocycles. The summed E-state index contributed by atoms with van der Waals surface area (Å²) in [6, 6.07) is 15.7. The summed E-state index contributed by atoms with van der Waals surface area (Å²) < 4.78 is 2.05. The van der Waals surface area contributed by atoms with E-state index in [-0.39, 0.29) is 5.91 Å². The van der Waals surface area contributed by atoms with Crippen molar-refractivity contribution >= 4 is 16.9 Å². The van der Waals surface area contributed by atoms with E-state index >= 15 is 0 Å². The van der Waals surface area contributed by atoms with Gasteiger partial charge in [-0.15, -0.1) is 0 Å². The summed E-state index contributed by atoms with van der Waals surface area (Å²) in [4.78, 5) is 16.4. The van der Waals surface area contributed by atoms with Gasteiger partial charge in [-0.05, 0) is 42.2 Å². The van der Waals surface area contributed by atoms with E-state index in [1.54, 1.807) is 0 Å². The standard InChI is InChI=1S/C20H24N4O/c1-14(2)11-17(21)20(25)22-12-15-7-9-16(10-8-15)24-13-23-18-5-3-4-6-19(18)24/h3-10,13-14,17H,11-12,21H2,1-2H3,(H,22,25)/t17-/m0/s1. The van der Waals surface area contributed by atoms with Crippen molar-refractivity contribution in [3.63, 3.8) is 0 Å². The summed E-state index contributed by atoms with van der Waals surface area (Å²) >= 11 is 0. The van der Waals surface area contributed by atoms with Crippen LogP contribution in [0.1, 0.15) is 25.8 Å². The quantitative estimate of drug-likeness (QED) is 0.727. The Labute approximate surface area is 147 Å². The number of carbonyl (C=O) groups is 1. The lowest BCUT2D eigenvalue weighted by molar-refractivity contribution is -0.122. The first-order chi connectivity index (χ1) is 12.0. The Morgan fingerprint density at radius 3 is 2.60 bits per heavy atom. The highest BCUT2D eigenvalue weighted by molar-refractivity contribution is 5.81. The smallest absolute Gasteiger partial charge is 0.237 e. The fourth-order valence-electron chi connectivity index (χ4n) is 2.87. The number of imidazole rings is 1. The molecular formula is C20H24N4O. The number of hydrogen-bond acceptors (Lipinski definition) is 3. The normalized spacial score (nSPS) is 12.5. The first-order valence-corrected chi connectivity index (χ1v) is 8.59. The summed E-state index contributed by atoms with van der Waals surface area (Å²) in [5, 5.41) is 2.90. The van der Waals surface area contributed by atoms with Crippen molar-refractivity contribution in [1.29, 1.82) is 0 Å². The minimum atomic E-state index is -0.448. The van der Waals surface area contributed by atoms with E-state index in [1.807, 2.05) is 54.9 Å². The number of hydrogen-bond donors (Lipinski definition) is 2. The van der Waals surface area contributed by atoms with Gasteiger partial charge in [0.2, 0.25) is 5.91 Å². The van der Waals surface area contributed by atoms with E-state index in [0.717, 1.165) is 22.3 Å². The Hall–Kier alpha value is -2.66. The van der Waals surface area contributed by atoms with Crippen molar-refractivity contribution in [3.05, 3.63) is 60.4 Å². The third-order valence-corrected chi connectivity index (χ3v) is 4.20. The first-order valence-electron chi connectivity index (χ1n) is 8.59. The van der Waals surface area contributed by atoms with Crippen LogP contribution in [0.4, 0.5) is 0 Å². The van der Waals surface area contributed by atoms with Crippen LogP contribution in [0.5, 0.6) is 0 Å². The van der Waals surface area contributed by atoms with Gasteiger partial charge in [0.15, 0.2) is 0 Å². The summed E-state index contributed by atoms with van der Waals surface area (Å²) in [6.07, 6.45) is 2.52. The first kappa shape index (κ1) is 17.2. The number of para-hydroxylation sites is 2. The fourth-order valence-corrected chi connectivity index (χ4v) is 2.87. The van der Waals surface area contributed by atoms with Gasteiger partial charge in [0, 0.05) is 12.2 Å². The number of benzene rings is 2. The second-order valence-corrected chi connectivity index (χ2v) is 6.72. The van der Waals surface area contributed by atoms with E-state index in [1.165, 1.54) is 0 Å². The summed E-state index contributed by atoms with van der Waals surface area (Å²) in [7, 11) is 0. The Morgan fingerprint density at radius 1 is 1.16 bits per heavy atom. The number of nitrogens with zero attached hydrogens (tertiary/aromatic N) is 2. The minimum Gasteiger partial charge on any atom is -0.351 e. The van der Waals surface area contributed by atoms with Gasteiger partial charge in [-0.2, -0.15) is 0 Å². The number of fused-ring (bicyclic) bond motifs is 1. The molecule has 0 unspecified atom stereocenters. The van der Waals surface area contributed by atoms with Gasteiger partial charge in [0.25, 0.3) is 0 Å². The lowest BCUT2D eigenvalue weighted by Gasteiger charge is -2.14. The van der Waals surface area contributed by atoms with E-state index < -0.39 is 6.04 Å². The average Bonchev–Trinajstić information content (AvgIpc) is 3.03. The van der Waals surface area contributed by atoms with Crippen molar-refractivity contribution in [2.24, 2.45) is 11.7 Å². The van der Waals surface area contributed by atoms with E-state index in [9.17, 15) is 4.79 Å². The van der Waals surface area contributed by atoms with Crippen molar-refractivity contribution in [3.8, 4) is 5.69 Å². The SMILES string of the molecule is CC(C)C[C@H](N)C(=O)NCc1ccc(-n2cnc3ccccc32)cc1. The second-order valence-electron chi connectivity index (χ2n) is 6.72. The average molecular weight is 336 g/mol. The highest BCUT2D eigenvalue weighted by atomic mass is 16.2. The zero-order valence-corrected chi connectivity index (χ0v) is 14.6. The van der Waals surface area contributed by atoms with Crippen molar-refractivity contribution in [1.82, 2.24) is 14.9 Å². The fraction of sp³-hybridized carbons (Fsp3) is 0.300. The molecular weight excluding hydrogens is 312 g/mol. The van der Waals surface area contributed by atoms with Crippen LogP contribution < -0.4 is 11.1 Å². The van der Waals surface area contributed by atoms with Crippen LogP contribution in [0.15, 0.2) is 54.9 Å². The third-order valence-electron chi connectivity index (χ3n) is 4.20. The number of nitrogens with two attached hydrogens (primary N) is 1. The molecule has 0 aliphatic carbocycles. The molecule has 3 aromatic rings. The van der Waals surface area contributed by atoms with Crippen molar-refractivity contribution in [2.45, 2.75) is 32.9 Å². The highest BCUT2D eigenvalue weighted by Crippen LogP contribution is 2.18. The van der Waals surface area contributed by atoms with Crippen molar-refractivity contribution < 1.29 is 4.79 Å². The number of carbonyl (C=O) groups excluding carboxylic acids is 1. The molecule has 1 aromatic heterocycles. The molecule has 0 fully saturated rings. The summed E-state index contributed by atoms with van der Waals surface area (Å²) in [5.74, 6) is 0.309. The zero-order chi connectivity index (χ0) is 17.8. The molecule has 0 spiro atoms. The van der Waals surface area contributed by atoms with Gasteiger partial charge in [0.05, 0.1) is 17.1 Å². The maximum absolute atomic E-state index is 12.0. The molecule has 5 nitrogen and oxygen atoms in total. The monoisotopic (exact) mass is 336 g/mol. The number of amides is 1. The number of nitrogens with one attached hydrogen (secondary N) is 1. The summed E-state index contributed by atoms with van der Waals surface area (Å²) in [5.41, 5.74) is 10.0. The van der Waals surface area contributed by atoms with Crippen LogP contribution in [-0.4, -0.2) is 21.5 Å². The van der Waals surface area contributed by atoms with Crippen LogP contribution in [0.3, 0.4) is 0 Å². The largest absolute Gasteiger partial charge is 0.351 e. The molecule has 0 radical (unpaired) electrons. The van der Waals surface area contributed by atoms with Crippen LogP contribution >= 0.6 is 0 Å². The van der Waals surface area contributed by atoms with Gasteiger partial charge in [-0.25, -0.2) is 4.98 Å². The summed E-state index contributed by atoms with van der Waals surface area (Å²) in [6.45, 7) is 4.60. The second kappa shape index (κ2) is 7.49. The Balaban J connectivity index is 1.66. The molecule has 3 N–H and O–H groups in total. The van der Waals surface area contributed by atoms with Gasteiger partial charge < -0.3 is 11.1 Å². The molecule has 0 bridgehead atoms. The molecule has 1 atom stereocenters. The maximum Gasteiger partial charge on any atom is 0.237 e. The number of aromatic nitrogens is 2. The van der Waals surface area contributed by atoms with E-state index in [2.05, 4.69) is 28.7 Å². The maximum atomic E-state index is 12.0. The van der Waals surface area contributed by atoms with Gasteiger partial charge in [-0.1, -0.05) is 38.1 Å². The van der Waals surface area contributed by atoms with Crippen molar-refractivity contribution in [2.75, 3.05) is 0 Å². The Kier molecular flexibility index (Phi) is 5.14. The van der Waals surface area contributed by atoms with Crippen LogP contribution in [0.25, 0.3) is 16.7 Å². The molecule has 5 heteroatoms. The molecule has 25 heavy (non-hydrogen) atoms. The zero-order valence-electron chi connectivity index (χ0n) is 14.6. The van der Waals surface area contributed by atoms with Gasteiger partial charge in [0.1, 0.15) is 6.33 Å². The lowest BCUT2D eigenvalue weighted by Crippen LogP contribution is -2.41. The molecule has 2 aromatic carbocycles. The van der Waals surface area contributed by atoms with E-state index in [4.69, 9.17) is 5.73 Å². The number of rotatable bonds is 6. The van der Waals surface area contributed by atoms with Gasteiger partial charge >= 0.3 is 0 Å². The lowest BCUT2D eigenvalue weighted by atomic mass is 10.0. The highest BCUT2D eigenvalue weighted by Gasteiger charge is 2.14. The molecule has 3 rings (SSSR count). The molecule has 0 saturated heterocycles. The van der Waals surface area contributed by atoms with Gasteiger partial charge in [-0.3, -0.25) is 9.36 Å². The molecule has 1 amide bonds. The molecule has 130 valence electrons. The third kappa shape index (κ3) is 4.06. The predicted molar refractivity (Wildman–Crippen MR) is 100 cm³/mol. The Morgan fingerprint density at radius 2 is 1.88 bits per heavy atom. The minimum absolute atomic E-state index is 0.0987. The molecule has 0 saturated carbocycles. The topological polar surface area (TPSA) is 72.9 Å². The van der Waals surface area contributed by atoms with Crippen LogP contribution in [0, 0.1) is 5.92 Å². The van der Waals surface area contributed by atoms with Crippen LogP contribution in [0.2, 0.25) is 0 Å². The molecule has 0 aliphatic heterocycles. The Bertz CT molecular complexity index is 852. The van der Waals surface area contributed by atoms with Crippen LogP contribution in [-0.2, 0) is 11.3 Å². The molecule has 0 aliphatic rings. The predicted octanol–water partition coefficient (Wildman–Crippen LogP) is 3.02.